The van der Waals surface area contributed by atoms with Crippen molar-refractivity contribution < 1.29 is 9.90 Å². The van der Waals surface area contributed by atoms with Gasteiger partial charge >= 0.3 is 5.97 Å². The molecule has 0 saturated heterocycles. The normalized spacial score (nSPS) is 11.1. The van der Waals surface area contributed by atoms with Crippen LogP contribution < -0.4 is 5.73 Å². The summed E-state index contributed by atoms with van der Waals surface area (Å²) in [7, 11) is 0. The second kappa shape index (κ2) is 4.00. The smallest absolute Gasteiger partial charge is 0.360 e. The van der Waals surface area contributed by atoms with Gasteiger partial charge in [-0.05, 0) is 6.92 Å². The molecule has 0 aliphatic rings. The molecule has 2 aromatic heterocycles. The van der Waals surface area contributed by atoms with E-state index in [1.165, 1.54) is 0 Å². The summed E-state index contributed by atoms with van der Waals surface area (Å²) in [4.78, 5) is 10.7. The Labute approximate surface area is 93.9 Å². The van der Waals surface area contributed by atoms with Crippen LogP contribution in [0.1, 0.15) is 16.2 Å². The molecule has 0 aliphatic heterocycles. The number of carboxylic acids is 1. The first-order valence-corrected chi connectivity index (χ1v) is 4.46. The van der Waals surface area contributed by atoms with Gasteiger partial charge in [-0.25, -0.2) is 4.79 Å². The first-order valence-electron chi connectivity index (χ1n) is 4.46. The Morgan fingerprint density at radius 2 is 2.12 bits per heavy atom. The number of carboxylic acid groups (broad SMARTS) is 1. The van der Waals surface area contributed by atoms with Crippen LogP contribution >= 0.6 is 0 Å². The van der Waals surface area contributed by atoms with Gasteiger partial charge in [0.1, 0.15) is 0 Å². The number of nitrogens with one attached hydrogen (secondary N) is 2. The van der Waals surface area contributed by atoms with Crippen LogP contribution in [-0.2, 0) is 0 Å². The first kappa shape index (κ1) is 10.7. The van der Waals surface area contributed by atoms with Crippen LogP contribution in [-0.4, -0.2) is 36.7 Å². The highest BCUT2D eigenvalue weighted by Crippen LogP contribution is 2.25. The van der Waals surface area contributed by atoms with E-state index >= 15 is 0 Å². The zero-order valence-corrected chi connectivity index (χ0v) is 8.67. The summed E-state index contributed by atoms with van der Waals surface area (Å²) in [5.74, 6) is -1.20. The maximum Gasteiger partial charge on any atom is 0.360 e. The van der Waals surface area contributed by atoms with Gasteiger partial charge in [-0.15, -0.1) is 20.4 Å². The van der Waals surface area contributed by atoms with Crippen molar-refractivity contribution in [2.45, 2.75) is 6.92 Å². The summed E-state index contributed by atoms with van der Waals surface area (Å²) >= 11 is 0. The quantitative estimate of drug-likeness (QED) is 0.569. The van der Waals surface area contributed by atoms with Gasteiger partial charge in [0, 0.05) is 0 Å². The van der Waals surface area contributed by atoms with Gasteiger partial charge in [-0.2, -0.15) is 10.3 Å². The molecule has 0 amide bonds. The number of anilines is 1. The molecular formula is C7H8N8O2. The van der Waals surface area contributed by atoms with Crippen LogP contribution in [0.2, 0.25) is 0 Å². The fraction of sp³-hybridized carbons (Fsp3) is 0.143. The van der Waals surface area contributed by atoms with Crippen molar-refractivity contribution in [2.24, 2.45) is 10.2 Å². The van der Waals surface area contributed by atoms with Gasteiger partial charge in [0.05, 0.1) is 5.69 Å². The van der Waals surface area contributed by atoms with Gasteiger partial charge in [-0.1, -0.05) is 0 Å². The molecule has 0 bridgehead atoms. The molecule has 2 rings (SSSR count). The predicted octanol–water partition coefficient (Wildman–Crippen LogP) is 0.532. The standard InChI is InChI=1S/C7H8N8O2/c1-2-3(5(8)12-9-2)10-13-6-4(7(16)17)11-15-14-6/h1H3,(H,16,17)(H3,8,9,12)(H,11,14,15). The van der Waals surface area contributed by atoms with Crippen molar-refractivity contribution in [1.82, 2.24) is 25.6 Å². The lowest BCUT2D eigenvalue weighted by atomic mass is 10.4. The number of nitrogens with zero attached hydrogens (tertiary/aromatic N) is 5. The largest absolute Gasteiger partial charge is 0.476 e. The average molecular weight is 236 g/mol. The van der Waals surface area contributed by atoms with Gasteiger partial charge in [0.15, 0.2) is 11.5 Å². The number of hydrogen-bond donors (Lipinski definition) is 4. The third-order valence-electron chi connectivity index (χ3n) is 1.92. The molecule has 0 radical (unpaired) electrons. The lowest BCUT2D eigenvalue weighted by Crippen LogP contribution is -1.96. The van der Waals surface area contributed by atoms with Gasteiger partial charge in [0.2, 0.25) is 11.5 Å². The van der Waals surface area contributed by atoms with E-state index in [0.717, 1.165) is 0 Å². The SMILES string of the molecule is Cc1[nH]nc(N)c1N=Nc1n[nH]nc1C(=O)O. The van der Waals surface area contributed by atoms with E-state index in [1.54, 1.807) is 6.92 Å². The number of azo groups is 1. The molecule has 0 spiro atoms. The van der Waals surface area contributed by atoms with E-state index in [9.17, 15) is 4.79 Å². The number of carbonyl (C=O) groups is 1. The van der Waals surface area contributed by atoms with Crippen LogP contribution in [0.4, 0.5) is 17.3 Å². The molecule has 2 aromatic rings. The molecule has 0 unspecified atom stereocenters. The monoisotopic (exact) mass is 236 g/mol. The second-order valence-electron chi connectivity index (χ2n) is 3.08. The Kier molecular flexibility index (Phi) is 2.52. The molecule has 10 nitrogen and oxygen atoms in total. The van der Waals surface area contributed by atoms with E-state index in [2.05, 4.69) is 35.8 Å². The third-order valence-corrected chi connectivity index (χ3v) is 1.92. The lowest BCUT2D eigenvalue weighted by molar-refractivity contribution is 0.0691. The average Bonchev–Trinajstić information content (AvgIpc) is 2.85. The number of aromatic carboxylic acids is 1. The third kappa shape index (κ3) is 1.95. The first-order chi connectivity index (χ1) is 8.09. The van der Waals surface area contributed by atoms with E-state index in [1.807, 2.05) is 0 Å². The topological polar surface area (TPSA) is 158 Å². The highest BCUT2D eigenvalue weighted by Gasteiger charge is 2.15. The number of hydrogen-bond acceptors (Lipinski definition) is 7. The molecule has 2 heterocycles. The highest BCUT2D eigenvalue weighted by molar-refractivity contribution is 5.89. The number of nitrogen functional groups attached to an aromatic ring is 1. The Balaban J connectivity index is 2.32. The molecule has 88 valence electrons. The Bertz CT molecular complexity index is 563. The summed E-state index contributed by atoms with van der Waals surface area (Å²) in [6, 6.07) is 0. The van der Waals surface area contributed by atoms with E-state index in [4.69, 9.17) is 10.8 Å². The van der Waals surface area contributed by atoms with E-state index in [0.29, 0.717) is 11.4 Å². The molecule has 0 aromatic carbocycles. The molecule has 0 fully saturated rings. The Hall–Kier alpha value is -2.78. The van der Waals surface area contributed by atoms with Gasteiger partial charge < -0.3 is 10.8 Å². The summed E-state index contributed by atoms with van der Waals surface area (Å²) in [5, 5.41) is 31.6. The van der Waals surface area contributed by atoms with Crippen molar-refractivity contribution in [3.8, 4) is 0 Å². The predicted molar refractivity (Wildman–Crippen MR) is 55.3 cm³/mol. The number of aromatic amines is 2. The molecular weight excluding hydrogens is 228 g/mol. The number of nitrogens with two attached hydrogens (primary N) is 1. The van der Waals surface area contributed by atoms with Crippen molar-refractivity contribution in [1.29, 1.82) is 0 Å². The van der Waals surface area contributed by atoms with Gasteiger partial charge in [-0.3, -0.25) is 5.10 Å². The van der Waals surface area contributed by atoms with Crippen molar-refractivity contribution in [3.05, 3.63) is 11.4 Å². The summed E-state index contributed by atoms with van der Waals surface area (Å²) < 4.78 is 0. The zero-order chi connectivity index (χ0) is 12.4. The van der Waals surface area contributed by atoms with Crippen molar-refractivity contribution >= 4 is 23.3 Å². The number of rotatable bonds is 3. The summed E-state index contributed by atoms with van der Waals surface area (Å²) in [6.07, 6.45) is 0. The maximum absolute atomic E-state index is 10.7. The summed E-state index contributed by atoms with van der Waals surface area (Å²) in [6.45, 7) is 1.71. The zero-order valence-electron chi connectivity index (χ0n) is 8.67. The van der Waals surface area contributed by atoms with Crippen LogP contribution in [0.15, 0.2) is 10.2 Å². The Morgan fingerprint density at radius 3 is 2.71 bits per heavy atom. The molecule has 17 heavy (non-hydrogen) atoms. The molecule has 0 saturated carbocycles. The second-order valence-corrected chi connectivity index (χ2v) is 3.08. The van der Waals surface area contributed by atoms with Crippen molar-refractivity contribution in [3.63, 3.8) is 0 Å². The minimum absolute atomic E-state index is 0.127. The molecule has 5 N–H and O–H groups in total. The molecule has 10 heteroatoms. The molecule has 0 aliphatic carbocycles. The fourth-order valence-corrected chi connectivity index (χ4v) is 1.10. The van der Waals surface area contributed by atoms with Crippen molar-refractivity contribution in [2.75, 3.05) is 5.73 Å². The minimum Gasteiger partial charge on any atom is -0.476 e. The fourth-order valence-electron chi connectivity index (χ4n) is 1.10. The van der Waals surface area contributed by atoms with Crippen LogP contribution in [0, 0.1) is 6.92 Å². The number of aromatic nitrogens is 5. The lowest BCUT2D eigenvalue weighted by Gasteiger charge is -1.89. The summed E-state index contributed by atoms with van der Waals surface area (Å²) in [5.41, 5.74) is 6.17. The number of H-pyrrole nitrogens is 2. The highest BCUT2D eigenvalue weighted by atomic mass is 16.4. The van der Waals surface area contributed by atoms with Crippen LogP contribution in [0.5, 0.6) is 0 Å². The van der Waals surface area contributed by atoms with Crippen LogP contribution in [0.25, 0.3) is 0 Å². The van der Waals surface area contributed by atoms with E-state index in [-0.39, 0.29) is 17.3 Å². The molecule has 0 atom stereocenters. The Morgan fingerprint density at radius 1 is 1.35 bits per heavy atom. The van der Waals surface area contributed by atoms with E-state index < -0.39 is 5.97 Å². The van der Waals surface area contributed by atoms with Crippen LogP contribution in [0.3, 0.4) is 0 Å². The maximum atomic E-state index is 10.7. The minimum atomic E-state index is -1.25. The number of aryl methyl sites for hydroxylation is 1. The van der Waals surface area contributed by atoms with Gasteiger partial charge in [0.25, 0.3) is 0 Å².